The van der Waals surface area contributed by atoms with Gasteiger partial charge in [-0.15, -0.1) is 11.3 Å². The summed E-state index contributed by atoms with van der Waals surface area (Å²) in [5.74, 6) is 5.04. The number of nitrogen functional groups attached to an aromatic ring is 1. The van der Waals surface area contributed by atoms with E-state index in [0.717, 1.165) is 4.88 Å². The number of rotatable bonds is 5. The zero-order valence-electron chi connectivity index (χ0n) is 10.5. The van der Waals surface area contributed by atoms with Gasteiger partial charge in [-0.2, -0.15) is 0 Å². The Kier molecular flexibility index (Phi) is 4.89. The van der Waals surface area contributed by atoms with Crippen molar-refractivity contribution in [1.82, 2.24) is 5.43 Å². The van der Waals surface area contributed by atoms with Gasteiger partial charge in [0.1, 0.15) is 16.8 Å². The van der Waals surface area contributed by atoms with Crippen molar-refractivity contribution >= 4 is 38.9 Å². The van der Waals surface area contributed by atoms with Crippen molar-refractivity contribution in [3.63, 3.8) is 0 Å². The number of benzene rings is 1. The van der Waals surface area contributed by atoms with Crippen molar-refractivity contribution in [1.29, 1.82) is 0 Å². The molecule has 1 amide bonds. The van der Waals surface area contributed by atoms with Crippen LogP contribution in [0.5, 0.6) is 5.75 Å². The molecule has 0 fully saturated rings. The fourth-order valence-electron chi connectivity index (χ4n) is 1.55. The molecule has 0 bridgehead atoms. The Balaban J connectivity index is 2.10. The summed E-state index contributed by atoms with van der Waals surface area (Å²) in [6.07, 6.45) is 0. The lowest BCUT2D eigenvalue weighted by Gasteiger charge is -2.06. The second kappa shape index (κ2) is 6.66. The van der Waals surface area contributed by atoms with Gasteiger partial charge in [-0.3, -0.25) is 20.3 Å². The third-order valence-electron chi connectivity index (χ3n) is 2.53. The van der Waals surface area contributed by atoms with E-state index in [4.69, 9.17) is 10.6 Å². The maximum absolute atomic E-state index is 11.3. The van der Waals surface area contributed by atoms with E-state index in [1.54, 1.807) is 24.3 Å². The van der Waals surface area contributed by atoms with E-state index in [1.165, 1.54) is 17.4 Å². The molecule has 0 saturated carbocycles. The highest BCUT2D eigenvalue weighted by atomic mass is 79.9. The summed E-state index contributed by atoms with van der Waals surface area (Å²) in [5, 5.41) is 10.8. The number of thiophene rings is 1. The van der Waals surface area contributed by atoms with Gasteiger partial charge in [-0.1, -0.05) is 6.07 Å². The Hall–Kier alpha value is -1.97. The molecule has 0 unspecified atom stereocenters. The Morgan fingerprint density at radius 1 is 1.43 bits per heavy atom. The number of nitro benzene ring substituents is 1. The van der Waals surface area contributed by atoms with Gasteiger partial charge in [0.25, 0.3) is 11.6 Å². The van der Waals surface area contributed by atoms with Crippen LogP contribution in [-0.2, 0) is 6.61 Å². The van der Waals surface area contributed by atoms with Crippen molar-refractivity contribution in [2.24, 2.45) is 5.84 Å². The molecule has 0 radical (unpaired) electrons. The van der Waals surface area contributed by atoms with Crippen LogP contribution < -0.4 is 16.0 Å². The zero-order valence-corrected chi connectivity index (χ0v) is 12.9. The standard InChI is InChI=1S/C12H10BrN3O4S/c13-11-8(16(18)19)2-1-3-9(11)20-6-7-4-5-10(21-7)12(17)15-14/h1-5H,6,14H2,(H,15,17). The van der Waals surface area contributed by atoms with Crippen LogP contribution in [0, 0.1) is 10.1 Å². The molecule has 1 heterocycles. The summed E-state index contributed by atoms with van der Waals surface area (Å²) < 4.78 is 5.82. The molecule has 9 heteroatoms. The SMILES string of the molecule is NNC(=O)c1ccc(COc2cccc([N+](=O)[O-])c2Br)s1. The molecule has 0 aliphatic carbocycles. The minimum atomic E-state index is -0.494. The number of nitrogens with zero attached hydrogens (tertiary/aromatic N) is 1. The Bertz CT molecular complexity index is 689. The summed E-state index contributed by atoms with van der Waals surface area (Å²) in [5.41, 5.74) is 1.98. The van der Waals surface area contributed by atoms with Crippen LogP contribution in [0.4, 0.5) is 5.69 Å². The largest absolute Gasteiger partial charge is 0.487 e. The third kappa shape index (κ3) is 3.57. The quantitative estimate of drug-likeness (QED) is 0.363. The molecule has 1 aromatic heterocycles. The fourth-order valence-corrected chi connectivity index (χ4v) is 2.90. The van der Waals surface area contributed by atoms with Gasteiger partial charge in [0, 0.05) is 10.9 Å². The first-order valence-electron chi connectivity index (χ1n) is 5.68. The summed E-state index contributed by atoms with van der Waals surface area (Å²) in [6.45, 7) is 0.197. The van der Waals surface area contributed by atoms with Crippen molar-refractivity contribution < 1.29 is 14.5 Å². The lowest BCUT2D eigenvalue weighted by Crippen LogP contribution is -2.29. The topological polar surface area (TPSA) is 107 Å². The van der Waals surface area contributed by atoms with Gasteiger partial charge in [0.2, 0.25) is 0 Å². The van der Waals surface area contributed by atoms with Gasteiger partial charge >= 0.3 is 0 Å². The minimum absolute atomic E-state index is 0.0677. The van der Waals surface area contributed by atoms with E-state index in [0.29, 0.717) is 10.6 Å². The monoisotopic (exact) mass is 371 g/mol. The number of amides is 1. The minimum Gasteiger partial charge on any atom is -0.487 e. The maximum atomic E-state index is 11.3. The van der Waals surface area contributed by atoms with Crippen LogP contribution >= 0.6 is 27.3 Å². The average molecular weight is 372 g/mol. The van der Waals surface area contributed by atoms with Gasteiger partial charge in [0.05, 0.1) is 9.80 Å². The first-order chi connectivity index (χ1) is 10.0. The average Bonchev–Trinajstić information content (AvgIpc) is 2.94. The number of hydrogen-bond donors (Lipinski definition) is 2. The van der Waals surface area contributed by atoms with Crippen molar-refractivity contribution in [2.45, 2.75) is 6.61 Å². The number of carbonyl (C=O) groups is 1. The van der Waals surface area contributed by atoms with E-state index >= 15 is 0 Å². The summed E-state index contributed by atoms with van der Waals surface area (Å²) in [6, 6.07) is 7.92. The highest BCUT2D eigenvalue weighted by Crippen LogP contribution is 2.34. The molecule has 7 nitrogen and oxygen atoms in total. The second-order valence-corrected chi connectivity index (χ2v) is 5.84. The molecule has 21 heavy (non-hydrogen) atoms. The summed E-state index contributed by atoms with van der Waals surface area (Å²) in [4.78, 5) is 22.9. The van der Waals surface area contributed by atoms with Crippen molar-refractivity contribution in [2.75, 3.05) is 0 Å². The van der Waals surface area contributed by atoms with Gasteiger partial charge in [-0.25, -0.2) is 5.84 Å². The van der Waals surface area contributed by atoms with Gasteiger partial charge < -0.3 is 4.74 Å². The molecule has 2 rings (SSSR count). The van der Waals surface area contributed by atoms with Gasteiger partial charge in [0.15, 0.2) is 0 Å². The van der Waals surface area contributed by atoms with Crippen LogP contribution in [0.1, 0.15) is 14.5 Å². The van der Waals surface area contributed by atoms with E-state index in [9.17, 15) is 14.9 Å². The number of nitro groups is 1. The normalized spacial score (nSPS) is 10.2. The van der Waals surface area contributed by atoms with E-state index in [2.05, 4.69) is 15.9 Å². The molecule has 0 saturated heterocycles. The number of ether oxygens (including phenoxy) is 1. The molecular formula is C12H10BrN3O4S. The summed E-state index contributed by atoms with van der Waals surface area (Å²) >= 11 is 4.39. The molecule has 0 aliphatic rings. The van der Waals surface area contributed by atoms with Crippen molar-refractivity contribution in [3.8, 4) is 5.75 Å². The number of hydrazine groups is 1. The number of nitrogens with one attached hydrogen (secondary N) is 1. The molecule has 2 aromatic rings. The van der Waals surface area contributed by atoms with E-state index in [-0.39, 0.29) is 22.7 Å². The molecule has 3 N–H and O–H groups in total. The second-order valence-electron chi connectivity index (χ2n) is 3.87. The Labute approximate surface area is 132 Å². The van der Waals surface area contributed by atoms with Crippen molar-refractivity contribution in [3.05, 3.63) is 54.7 Å². The number of carbonyl (C=O) groups excluding carboxylic acids is 1. The molecule has 1 aromatic carbocycles. The molecule has 0 spiro atoms. The van der Waals surface area contributed by atoms with E-state index < -0.39 is 4.92 Å². The molecular weight excluding hydrogens is 362 g/mol. The Morgan fingerprint density at radius 2 is 2.19 bits per heavy atom. The molecule has 0 aliphatic heterocycles. The lowest BCUT2D eigenvalue weighted by molar-refractivity contribution is -0.385. The van der Waals surface area contributed by atoms with E-state index in [1.807, 2.05) is 5.43 Å². The van der Waals surface area contributed by atoms with Gasteiger partial charge in [-0.05, 0) is 34.1 Å². The maximum Gasteiger partial charge on any atom is 0.287 e. The first kappa shape index (κ1) is 15.4. The van der Waals surface area contributed by atoms with Crippen LogP contribution in [0.2, 0.25) is 0 Å². The molecule has 110 valence electrons. The predicted molar refractivity (Wildman–Crippen MR) is 81.1 cm³/mol. The number of hydrogen-bond acceptors (Lipinski definition) is 6. The molecule has 0 atom stereocenters. The highest BCUT2D eigenvalue weighted by Gasteiger charge is 2.16. The van der Waals surface area contributed by atoms with Crippen LogP contribution in [-0.4, -0.2) is 10.8 Å². The zero-order chi connectivity index (χ0) is 15.4. The third-order valence-corrected chi connectivity index (χ3v) is 4.38. The number of halogens is 1. The lowest BCUT2D eigenvalue weighted by atomic mass is 10.3. The first-order valence-corrected chi connectivity index (χ1v) is 7.29. The summed E-state index contributed by atoms with van der Waals surface area (Å²) in [7, 11) is 0. The van der Waals surface area contributed by atoms with Crippen LogP contribution in [0.15, 0.2) is 34.8 Å². The number of nitrogens with two attached hydrogens (primary N) is 1. The Morgan fingerprint density at radius 3 is 2.86 bits per heavy atom. The highest BCUT2D eigenvalue weighted by molar-refractivity contribution is 9.10. The smallest absolute Gasteiger partial charge is 0.287 e. The predicted octanol–water partition coefficient (Wildman–Crippen LogP) is 2.60. The fraction of sp³-hybridized carbons (Fsp3) is 0.0833. The van der Waals surface area contributed by atoms with Crippen LogP contribution in [0.25, 0.3) is 0 Å². The van der Waals surface area contributed by atoms with Crippen LogP contribution in [0.3, 0.4) is 0 Å².